The van der Waals surface area contributed by atoms with Gasteiger partial charge in [0.1, 0.15) is 5.58 Å². The van der Waals surface area contributed by atoms with Crippen molar-refractivity contribution in [3.63, 3.8) is 0 Å². The van der Waals surface area contributed by atoms with E-state index >= 15 is 0 Å². The zero-order valence-electron chi connectivity index (χ0n) is 12.2. The normalized spacial score (nSPS) is 11.1. The predicted octanol–water partition coefficient (Wildman–Crippen LogP) is 4.28. The summed E-state index contributed by atoms with van der Waals surface area (Å²) in [6, 6.07) is 7.25. The number of benzene rings is 1. The van der Waals surface area contributed by atoms with Crippen molar-refractivity contribution in [2.24, 2.45) is 0 Å². The maximum atomic E-state index is 11.5. The Labute approximate surface area is 119 Å². The van der Waals surface area contributed by atoms with Crippen molar-refractivity contribution in [3.8, 4) is 0 Å². The van der Waals surface area contributed by atoms with Gasteiger partial charge in [0.2, 0.25) is 0 Å². The van der Waals surface area contributed by atoms with E-state index in [0.29, 0.717) is 11.3 Å². The van der Waals surface area contributed by atoms with Crippen molar-refractivity contribution >= 4 is 16.7 Å². The van der Waals surface area contributed by atoms with Crippen LogP contribution in [-0.2, 0) is 6.42 Å². The number of fused-ring (bicyclic) bond motifs is 1. The van der Waals surface area contributed by atoms with Crippen molar-refractivity contribution in [2.75, 3.05) is 5.73 Å². The second kappa shape index (κ2) is 7.13. The van der Waals surface area contributed by atoms with E-state index in [1.807, 2.05) is 18.2 Å². The molecule has 20 heavy (non-hydrogen) atoms. The zero-order valence-corrected chi connectivity index (χ0v) is 12.2. The van der Waals surface area contributed by atoms with Gasteiger partial charge in [-0.2, -0.15) is 0 Å². The molecule has 0 spiro atoms. The van der Waals surface area contributed by atoms with Crippen LogP contribution in [0.3, 0.4) is 0 Å². The lowest BCUT2D eigenvalue weighted by Crippen LogP contribution is -2.02. The fraction of sp³-hybridized carbons (Fsp3) is 0.471. The molecular weight excluding hydrogens is 250 g/mol. The molecule has 0 aliphatic heterocycles. The first kappa shape index (κ1) is 14.6. The van der Waals surface area contributed by atoms with E-state index in [2.05, 4.69) is 6.92 Å². The fourth-order valence-electron chi connectivity index (χ4n) is 2.56. The molecular formula is C17H23NO2. The lowest BCUT2D eigenvalue weighted by molar-refractivity contribution is 0.554. The summed E-state index contributed by atoms with van der Waals surface area (Å²) >= 11 is 0. The minimum Gasteiger partial charge on any atom is -0.422 e. The van der Waals surface area contributed by atoms with Gasteiger partial charge in [-0.25, -0.2) is 4.79 Å². The zero-order chi connectivity index (χ0) is 14.4. The molecule has 2 aromatic rings. The molecule has 0 radical (unpaired) electrons. The third kappa shape index (κ3) is 3.62. The highest BCUT2D eigenvalue weighted by Crippen LogP contribution is 2.23. The van der Waals surface area contributed by atoms with Gasteiger partial charge in [-0.1, -0.05) is 51.2 Å². The first-order chi connectivity index (χ1) is 9.72. The van der Waals surface area contributed by atoms with Crippen molar-refractivity contribution in [3.05, 3.63) is 40.2 Å². The summed E-state index contributed by atoms with van der Waals surface area (Å²) in [7, 11) is 0. The summed E-state index contributed by atoms with van der Waals surface area (Å²) in [6.07, 6.45) is 8.48. The standard InChI is InChI=1S/C17H23NO2/c1-2-3-4-5-6-7-9-13-10-8-11-14-15(18)12-16(19)20-17(13)14/h8,10-12H,2-7,9,18H2,1H3. The molecule has 3 nitrogen and oxygen atoms in total. The van der Waals surface area contributed by atoms with Crippen LogP contribution in [-0.4, -0.2) is 0 Å². The summed E-state index contributed by atoms with van der Waals surface area (Å²) in [4.78, 5) is 11.5. The third-order valence-corrected chi connectivity index (χ3v) is 3.68. The number of nitrogens with two attached hydrogens (primary N) is 1. The fourth-order valence-corrected chi connectivity index (χ4v) is 2.56. The van der Waals surface area contributed by atoms with Crippen LogP contribution in [0.1, 0.15) is 51.0 Å². The molecule has 1 heterocycles. The highest BCUT2D eigenvalue weighted by molar-refractivity contribution is 5.90. The number of aryl methyl sites for hydroxylation is 1. The summed E-state index contributed by atoms with van der Waals surface area (Å²) < 4.78 is 5.33. The number of hydrogen-bond acceptors (Lipinski definition) is 3. The van der Waals surface area contributed by atoms with Crippen LogP contribution in [0.25, 0.3) is 11.0 Å². The van der Waals surface area contributed by atoms with E-state index in [-0.39, 0.29) is 5.63 Å². The molecule has 1 aromatic heterocycles. The topological polar surface area (TPSA) is 56.2 Å². The van der Waals surface area contributed by atoms with Crippen LogP contribution in [0, 0.1) is 0 Å². The highest BCUT2D eigenvalue weighted by Gasteiger charge is 2.07. The Morgan fingerprint density at radius 1 is 1.10 bits per heavy atom. The van der Waals surface area contributed by atoms with Gasteiger partial charge in [-0.15, -0.1) is 0 Å². The molecule has 3 heteroatoms. The number of anilines is 1. The molecule has 0 unspecified atom stereocenters. The smallest absolute Gasteiger partial charge is 0.338 e. The molecule has 2 rings (SSSR count). The minimum atomic E-state index is -0.370. The lowest BCUT2D eigenvalue weighted by Gasteiger charge is -2.06. The number of rotatable bonds is 7. The van der Waals surface area contributed by atoms with Gasteiger partial charge < -0.3 is 10.2 Å². The van der Waals surface area contributed by atoms with Crippen molar-refractivity contribution in [1.29, 1.82) is 0 Å². The first-order valence-corrected chi connectivity index (χ1v) is 7.53. The lowest BCUT2D eigenvalue weighted by atomic mass is 10.0. The van der Waals surface area contributed by atoms with E-state index in [0.717, 1.165) is 23.8 Å². The summed E-state index contributed by atoms with van der Waals surface area (Å²) in [5.74, 6) is 0. The summed E-state index contributed by atoms with van der Waals surface area (Å²) in [6.45, 7) is 2.22. The average Bonchev–Trinajstić information content (AvgIpc) is 2.43. The number of para-hydroxylation sites is 1. The van der Waals surface area contributed by atoms with Gasteiger partial charge in [-0.05, 0) is 24.5 Å². The molecule has 1 aromatic carbocycles. The Hall–Kier alpha value is -1.77. The van der Waals surface area contributed by atoms with Gasteiger partial charge in [0.25, 0.3) is 0 Å². The number of nitrogen functional groups attached to an aromatic ring is 1. The predicted molar refractivity (Wildman–Crippen MR) is 84.0 cm³/mol. The van der Waals surface area contributed by atoms with Crippen LogP contribution < -0.4 is 11.4 Å². The second-order valence-corrected chi connectivity index (χ2v) is 5.33. The maximum absolute atomic E-state index is 11.5. The third-order valence-electron chi connectivity index (χ3n) is 3.68. The average molecular weight is 273 g/mol. The van der Waals surface area contributed by atoms with Gasteiger partial charge in [0, 0.05) is 17.1 Å². The van der Waals surface area contributed by atoms with Crippen molar-refractivity contribution in [2.45, 2.75) is 51.9 Å². The molecule has 0 fully saturated rings. The molecule has 108 valence electrons. The van der Waals surface area contributed by atoms with Crippen LogP contribution in [0.2, 0.25) is 0 Å². The maximum Gasteiger partial charge on any atom is 0.338 e. The van der Waals surface area contributed by atoms with Crippen LogP contribution in [0.5, 0.6) is 0 Å². The van der Waals surface area contributed by atoms with Crippen molar-refractivity contribution < 1.29 is 4.42 Å². The van der Waals surface area contributed by atoms with Gasteiger partial charge >= 0.3 is 5.63 Å². The molecule has 0 aliphatic rings. The Balaban J connectivity index is 2.05. The number of unbranched alkanes of at least 4 members (excludes halogenated alkanes) is 5. The Kier molecular flexibility index (Phi) is 5.22. The van der Waals surface area contributed by atoms with Gasteiger partial charge in [-0.3, -0.25) is 0 Å². The van der Waals surface area contributed by atoms with E-state index < -0.39 is 0 Å². The molecule has 0 saturated heterocycles. The monoisotopic (exact) mass is 273 g/mol. The molecule has 0 saturated carbocycles. The second-order valence-electron chi connectivity index (χ2n) is 5.33. The minimum absolute atomic E-state index is 0.370. The highest BCUT2D eigenvalue weighted by atomic mass is 16.4. The quantitative estimate of drug-likeness (QED) is 0.605. The van der Waals surface area contributed by atoms with Crippen LogP contribution in [0.4, 0.5) is 5.69 Å². The molecule has 2 N–H and O–H groups in total. The Morgan fingerprint density at radius 3 is 2.65 bits per heavy atom. The van der Waals surface area contributed by atoms with E-state index in [1.54, 1.807) is 0 Å². The van der Waals surface area contributed by atoms with E-state index in [4.69, 9.17) is 10.2 Å². The first-order valence-electron chi connectivity index (χ1n) is 7.53. The molecule has 0 aliphatic carbocycles. The Morgan fingerprint density at radius 2 is 1.85 bits per heavy atom. The van der Waals surface area contributed by atoms with Gasteiger partial charge in [0.15, 0.2) is 0 Å². The number of hydrogen-bond donors (Lipinski definition) is 1. The van der Waals surface area contributed by atoms with Crippen LogP contribution >= 0.6 is 0 Å². The van der Waals surface area contributed by atoms with E-state index in [1.165, 1.54) is 38.2 Å². The molecule has 0 amide bonds. The van der Waals surface area contributed by atoms with Crippen molar-refractivity contribution in [1.82, 2.24) is 0 Å². The largest absolute Gasteiger partial charge is 0.422 e. The van der Waals surface area contributed by atoms with Crippen LogP contribution in [0.15, 0.2) is 33.5 Å². The van der Waals surface area contributed by atoms with Gasteiger partial charge in [0.05, 0.1) is 0 Å². The SMILES string of the molecule is CCCCCCCCc1cccc2c(N)cc(=O)oc12. The Bertz CT molecular complexity index is 616. The summed E-state index contributed by atoms with van der Waals surface area (Å²) in [5.41, 5.74) is 7.75. The molecule has 0 atom stereocenters. The summed E-state index contributed by atoms with van der Waals surface area (Å²) in [5, 5.41) is 0.841. The van der Waals surface area contributed by atoms with E-state index in [9.17, 15) is 4.79 Å². The molecule has 0 bridgehead atoms.